The Morgan fingerprint density at radius 1 is 1.16 bits per heavy atom. The Bertz CT molecular complexity index is 329. The first-order chi connectivity index (χ1) is 8.73. The molecule has 0 atom stereocenters. The van der Waals surface area contributed by atoms with Gasteiger partial charge in [0, 0.05) is 25.0 Å². The zero-order valence-electron chi connectivity index (χ0n) is 11.9. The number of carboxylic acid groups (broad SMARTS) is 1. The van der Waals surface area contributed by atoms with Crippen LogP contribution < -0.4 is 10.6 Å². The van der Waals surface area contributed by atoms with Crippen molar-refractivity contribution < 1.29 is 19.5 Å². The molecule has 0 spiro atoms. The van der Waals surface area contributed by atoms with Crippen molar-refractivity contribution in [2.45, 2.75) is 46.2 Å². The molecule has 0 saturated heterocycles. The molecule has 0 fully saturated rings. The van der Waals surface area contributed by atoms with Crippen LogP contribution in [0.3, 0.4) is 0 Å². The van der Waals surface area contributed by atoms with Crippen molar-refractivity contribution >= 4 is 17.9 Å². The molecule has 0 aliphatic carbocycles. The van der Waals surface area contributed by atoms with Crippen molar-refractivity contribution in [3.05, 3.63) is 0 Å². The summed E-state index contributed by atoms with van der Waals surface area (Å²) in [5, 5.41) is 13.9. The van der Waals surface area contributed by atoms with Gasteiger partial charge in [0.1, 0.15) is 6.54 Å². The fraction of sp³-hybridized carbons (Fsp3) is 0.750. The van der Waals surface area contributed by atoms with Crippen molar-refractivity contribution in [1.82, 2.24) is 15.5 Å². The average molecular weight is 273 g/mol. The summed E-state index contributed by atoms with van der Waals surface area (Å²) < 4.78 is 0. The van der Waals surface area contributed by atoms with E-state index >= 15 is 0 Å². The zero-order chi connectivity index (χ0) is 15.0. The highest BCUT2D eigenvalue weighted by Crippen LogP contribution is 1.98. The molecule has 19 heavy (non-hydrogen) atoms. The highest BCUT2D eigenvalue weighted by atomic mass is 16.4. The minimum absolute atomic E-state index is 0.0578. The van der Waals surface area contributed by atoms with E-state index in [-0.39, 0.29) is 37.5 Å². The number of carboxylic acids is 1. The van der Waals surface area contributed by atoms with Gasteiger partial charge >= 0.3 is 12.0 Å². The molecule has 0 unspecified atom stereocenters. The highest BCUT2D eigenvalue weighted by molar-refractivity contribution is 5.81. The maximum atomic E-state index is 11.7. The Morgan fingerprint density at radius 3 is 2.16 bits per heavy atom. The molecule has 0 aromatic rings. The van der Waals surface area contributed by atoms with Gasteiger partial charge in [-0.15, -0.1) is 0 Å². The van der Waals surface area contributed by atoms with Crippen LogP contribution in [-0.2, 0) is 9.59 Å². The van der Waals surface area contributed by atoms with Gasteiger partial charge in [-0.3, -0.25) is 9.59 Å². The Morgan fingerprint density at radius 2 is 1.74 bits per heavy atom. The molecule has 110 valence electrons. The third-order valence-electron chi connectivity index (χ3n) is 2.27. The van der Waals surface area contributed by atoms with E-state index in [1.54, 1.807) is 13.8 Å². The minimum atomic E-state index is -1.07. The van der Waals surface area contributed by atoms with Crippen LogP contribution in [0.4, 0.5) is 4.79 Å². The van der Waals surface area contributed by atoms with Gasteiger partial charge in [0.15, 0.2) is 0 Å². The van der Waals surface area contributed by atoms with E-state index in [1.807, 2.05) is 13.8 Å². The predicted molar refractivity (Wildman–Crippen MR) is 70.8 cm³/mol. The van der Waals surface area contributed by atoms with E-state index in [9.17, 15) is 14.4 Å². The molecule has 0 aliphatic heterocycles. The second-order valence-corrected chi connectivity index (χ2v) is 4.82. The molecule has 0 bridgehead atoms. The summed E-state index contributed by atoms with van der Waals surface area (Å²) in [6.07, 6.45) is 0.170. The second-order valence-electron chi connectivity index (χ2n) is 4.82. The van der Waals surface area contributed by atoms with E-state index in [0.717, 1.165) is 0 Å². The summed E-state index contributed by atoms with van der Waals surface area (Å²) in [4.78, 5) is 34.9. The van der Waals surface area contributed by atoms with Crippen LogP contribution in [0, 0.1) is 0 Å². The molecular formula is C12H23N3O4. The topological polar surface area (TPSA) is 98.7 Å². The number of carbonyl (C=O) groups is 3. The van der Waals surface area contributed by atoms with E-state index in [0.29, 0.717) is 0 Å². The molecule has 0 aliphatic rings. The summed E-state index contributed by atoms with van der Waals surface area (Å²) in [5.41, 5.74) is 0. The first-order valence-electron chi connectivity index (χ1n) is 6.29. The van der Waals surface area contributed by atoms with Crippen molar-refractivity contribution in [2.24, 2.45) is 0 Å². The van der Waals surface area contributed by atoms with Gasteiger partial charge in [-0.2, -0.15) is 0 Å². The predicted octanol–water partition coefficient (Wildman–Crippen LogP) is 0.406. The molecule has 0 rings (SSSR count). The third kappa shape index (κ3) is 8.01. The highest BCUT2D eigenvalue weighted by Gasteiger charge is 2.19. The molecule has 0 saturated carbocycles. The van der Waals surface area contributed by atoms with Gasteiger partial charge in [0.2, 0.25) is 5.91 Å². The number of amides is 3. The van der Waals surface area contributed by atoms with Crippen LogP contribution >= 0.6 is 0 Å². The summed E-state index contributed by atoms with van der Waals surface area (Å²) in [5.74, 6) is -1.22. The van der Waals surface area contributed by atoms with Gasteiger partial charge < -0.3 is 20.6 Å². The van der Waals surface area contributed by atoms with E-state index in [1.165, 1.54) is 4.90 Å². The normalized spacial score (nSPS) is 10.4. The largest absolute Gasteiger partial charge is 0.480 e. The summed E-state index contributed by atoms with van der Waals surface area (Å²) in [6, 6.07) is -0.641. The lowest BCUT2D eigenvalue weighted by Gasteiger charge is -2.25. The van der Waals surface area contributed by atoms with Crippen molar-refractivity contribution in [3.8, 4) is 0 Å². The van der Waals surface area contributed by atoms with Crippen LogP contribution in [0.5, 0.6) is 0 Å². The summed E-state index contributed by atoms with van der Waals surface area (Å²) >= 11 is 0. The second kappa shape index (κ2) is 8.34. The number of rotatable bonds is 7. The van der Waals surface area contributed by atoms with Crippen LogP contribution in [0.1, 0.15) is 34.1 Å². The Hall–Kier alpha value is -1.79. The van der Waals surface area contributed by atoms with Gasteiger partial charge in [-0.25, -0.2) is 4.79 Å². The molecule has 0 aromatic carbocycles. The molecule has 0 radical (unpaired) electrons. The maximum Gasteiger partial charge on any atom is 0.323 e. The first kappa shape index (κ1) is 17.2. The lowest BCUT2D eigenvalue weighted by Crippen LogP contribution is -2.47. The quantitative estimate of drug-likeness (QED) is 0.625. The number of nitrogens with zero attached hydrogens (tertiary/aromatic N) is 1. The van der Waals surface area contributed by atoms with Gasteiger partial charge in [0.05, 0.1) is 0 Å². The Kier molecular flexibility index (Phi) is 7.55. The molecule has 3 N–H and O–H groups in total. The van der Waals surface area contributed by atoms with Crippen LogP contribution in [-0.4, -0.2) is 53.1 Å². The Labute approximate surface area is 113 Å². The van der Waals surface area contributed by atoms with Crippen LogP contribution in [0.2, 0.25) is 0 Å². The lowest BCUT2D eigenvalue weighted by atomic mass is 10.3. The summed E-state index contributed by atoms with van der Waals surface area (Å²) in [7, 11) is 0. The first-order valence-corrected chi connectivity index (χ1v) is 6.29. The number of carbonyl (C=O) groups excluding carboxylic acids is 2. The third-order valence-corrected chi connectivity index (χ3v) is 2.27. The standard InChI is InChI=1S/C12H23N3O4/c1-8(2)14-10(16)5-6-13-12(19)15(9(3)4)7-11(17)18/h8-9H,5-7H2,1-4H3,(H,13,19)(H,14,16)(H,17,18). The molecular weight excluding hydrogens is 250 g/mol. The fourth-order valence-corrected chi connectivity index (χ4v) is 1.41. The van der Waals surface area contributed by atoms with E-state index < -0.39 is 12.0 Å². The molecule has 0 aromatic heterocycles. The maximum absolute atomic E-state index is 11.7. The number of hydrogen-bond donors (Lipinski definition) is 3. The zero-order valence-corrected chi connectivity index (χ0v) is 11.9. The monoisotopic (exact) mass is 273 g/mol. The van der Waals surface area contributed by atoms with E-state index in [4.69, 9.17) is 5.11 Å². The number of aliphatic carboxylic acids is 1. The molecule has 7 heteroatoms. The molecule has 7 nitrogen and oxygen atoms in total. The minimum Gasteiger partial charge on any atom is -0.480 e. The number of urea groups is 1. The average Bonchev–Trinajstić information content (AvgIpc) is 2.23. The van der Waals surface area contributed by atoms with Gasteiger partial charge in [0.25, 0.3) is 0 Å². The van der Waals surface area contributed by atoms with Crippen molar-refractivity contribution in [2.75, 3.05) is 13.1 Å². The molecule has 0 heterocycles. The summed E-state index contributed by atoms with van der Waals surface area (Å²) in [6.45, 7) is 6.98. The molecule has 3 amide bonds. The van der Waals surface area contributed by atoms with Crippen LogP contribution in [0.25, 0.3) is 0 Å². The van der Waals surface area contributed by atoms with Gasteiger partial charge in [-0.05, 0) is 27.7 Å². The Balaban J connectivity index is 4.13. The number of hydrogen-bond acceptors (Lipinski definition) is 3. The lowest BCUT2D eigenvalue weighted by molar-refractivity contribution is -0.138. The number of nitrogens with one attached hydrogen (secondary N) is 2. The van der Waals surface area contributed by atoms with Crippen LogP contribution in [0.15, 0.2) is 0 Å². The van der Waals surface area contributed by atoms with Crippen molar-refractivity contribution in [1.29, 1.82) is 0 Å². The van der Waals surface area contributed by atoms with Crippen molar-refractivity contribution in [3.63, 3.8) is 0 Å². The van der Waals surface area contributed by atoms with E-state index in [2.05, 4.69) is 10.6 Å². The fourth-order valence-electron chi connectivity index (χ4n) is 1.41. The SMILES string of the molecule is CC(C)NC(=O)CCNC(=O)N(CC(=O)O)C(C)C. The van der Waals surface area contributed by atoms with Gasteiger partial charge in [-0.1, -0.05) is 0 Å². The smallest absolute Gasteiger partial charge is 0.323 e.